The van der Waals surface area contributed by atoms with Crippen LogP contribution < -0.4 is 10.5 Å². The summed E-state index contributed by atoms with van der Waals surface area (Å²) in [6.45, 7) is 1.47. The molecule has 1 aliphatic carbocycles. The van der Waals surface area contributed by atoms with E-state index in [-0.39, 0.29) is 12.1 Å². The Kier molecular flexibility index (Phi) is 3.52. The van der Waals surface area contributed by atoms with E-state index in [0.29, 0.717) is 5.92 Å². The highest BCUT2D eigenvalue weighted by Crippen LogP contribution is 2.34. The van der Waals surface area contributed by atoms with Gasteiger partial charge in [0.15, 0.2) is 0 Å². The molecule has 1 aromatic carbocycles. The van der Waals surface area contributed by atoms with E-state index in [0.717, 1.165) is 31.8 Å². The molecule has 3 unspecified atom stereocenters. The third kappa shape index (κ3) is 2.38. The number of para-hydroxylation sites is 1. The Morgan fingerprint density at radius 3 is 2.94 bits per heavy atom. The molecule has 2 N–H and O–H groups in total. The van der Waals surface area contributed by atoms with Gasteiger partial charge in [-0.25, -0.2) is 0 Å². The minimum atomic E-state index is 0.219. The highest BCUT2D eigenvalue weighted by atomic mass is 16.5. The molecule has 0 bridgehead atoms. The van der Waals surface area contributed by atoms with Crippen molar-refractivity contribution in [2.45, 2.75) is 43.7 Å². The van der Waals surface area contributed by atoms with Crippen LogP contribution in [0.25, 0.3) is 0 Å². The molecule has 18 heavy (non-hydrogen) atoms. The Morgan fingerprint density at radius 1 is 1.22 bits per heavy atom. The highest BCUT2D eigenvalue weighted by Gasteiger charge is 2.27. The van der Waals surface area contributed by atoms with Gasteiger partial charge >= 0.3 is 0 Å². The van der Waals surface area contributed by atoms with E-state index in [4.69, 9.17) is 15.2 Å². The average Bonchev–Trinajstić information content (AvgIpc) is 2.81. The van der Waals surface area contributed by atoms with Crippen LogP contribution in [0.1, 0.15) is 37.2 Å². The molecule has 0 aromatic heterocycles. The zero-order chi connectivity index (χ0) is 12.4. The monoisotopic (exact) mass is 247 g/mol. The molecule has 0 amide bonds. The lowest BCUT2D eigenvalue weighted by molar-refractivity contribution is 0.00537. The number of rotatable bonds is 3. The number of fused-ring (bicyclic) bond motifs is 1. The Balaban J connectivity index is 1.58. The molecule has 0 radical (unpaired) electrons. The summed E-state index contributed by atoms with van der Waals surface area (Å²) < 4.78 is 11.7. The predicted octanol–water partition coefficient (Wildman–Crippen LogP) is 2.45. The summed E-state index contributed by atoms with van der Waals surface area (Å²) in [7, 11) is 0. The van der Waals surface area contributed by atoms with Crippen molar-refractivity contribution < 1.29 is 9.47 Å². The fraction of sp³-hybridized carbons (Fsp3) is 0.600. The Morgan fingerprint density at radius 2 is 2.06 bits per heavy atom. The minimum absolute atomic E-state index is 0.219. The largest absolute Gasteiger partial charge is 0.493 e. The fourth-order valence-electron chi connectivity index (χ4n) is 2.94. The van der Waals surface area contributed by atoms with Crippen molar-refractivity contribution in [1.82, 2.24) is 0 Å². The molecule has 1 aliphatic heterocycles. The first-order chi connectivity index (χ1) is 8.84. The SMILES string of the molecule is NC1CCCCC1OCC1COc2ccccc21. The van der Waals surface area contributed by atoms with Crippen LogP contribution in [0.5, 0.6) is 5.75 Å². The second-order valence-corrected chi connectivity index (χ2v) is 5.37. The Hall–Kier alpha value is -1.06. The van der Waals surface area contributed by atoms with Crippen LogP contribution in [0.4, 0.5) is 0 Å². The molecule has 0 saturated heterocycles. The Labute approximate surface area is 108 Å². The molecular formula is C15H21NO2. The number of hydrogen-bond donors (Lipinski definition) is 1. The van der Waals surface area contributed by atoms with E-state index in [2.05, 4.69) is 12.1 Å². The first-order valence-electron chi connectivity index (χ1n) is 6.93. The van der Waals surface area contributed by atoms with E-state index in [1.54, 1.807) is 0 Å². The maximum atomic E-state index is 6.10. The summed E-state index contributed by atoms with van der Waals surface area (Å²) in [5.41, 5.74) is 7.38. The van der Waals surface area contributed by atoms with E-state index >= 15 is 0 Å². The lowest BCUT2D eigenvalue weighted by atomic mass is 9.93. The topological polar surface area (TPSA) is 44.5 Å². The van der Waals surface area contributed by atoms with Gasteiger partial charge in [0, 0.05) is 17.5 Å². The van der Waals surface area contributed by atoms with Crippen LogP contribution in [0.2, 0.25) is 0 Å². The van der Waals surface area contributed by atoms with Crippen LogP contribution in [0.3, 0.4) is 0 Å². The summed E-state index contributed by atoms with van der Waals surface area (Å²) in [6, 6.07) is 8.46. The number of hydrogen-bond acceptors (Lipinski definition) is 3. The molecule has 2 aliphatic rings. The smallest absolute Gasteiger partial charge is 0.123 e. The number of ether oxygens (including phenoxy) is 2. The molecule has 1 aromatic rings. The second kappa shape index (κ2) is 5.29. The summed E-state index contributed by atoms with van der Waals surface area (Å²) in [6.07, 6.45) is 4.94. The lowest BCUT2D eigenvalue weighted by Gasteiger charge is -2.29. The number of benzene rings is 1. The molecule has 1 fully saturated rings. The van der Waals surface area contributed by atoms with Gasteiger partial charge in [-0.2, -0.15) is 0 Å². The molecule has 1 saturated carbocycles. The van der Waals surface area contributed by atoms with E-state index in [1.165, 1.54) is 18.4 Å². The van der Waals surface area contributed by atoms with E-state index < -0.39 is 0 Å². The maximum Gasteiger partial charge on any atom is 0.123 e. The summed E-state index contributed by atoms with van der Waals surface area (Å²) in [5.74, 6) is 1.38. The molecule has 0 spiro atoms. The molecule has 3 atom stereocenters. The van der Waals surface area contributed by atoms with Crippen molar-refractivity contribution in [3.8, 4) is 5.75 Å². The van der Waals surface area contributed by atoms with Crippen LogP contribution in [-0.2, 0) is 4.74 Å². The molecule has 3 heteroatoms. The summed E-state index contributed by atoms with van der Waals surface area (Å²) in [4.78, 5) is 0. The lowest BCUT2D eigenvalue weighted by Crippen LogP contribution is -2.40. The quantitative estimate of drug-likeness (QED) is 0.892. The Bertz CT molecular complexity index is 407. The molecule has 3 rings (SSSR count). The van der Waals surface area contributed by atoms with Gasteiger partial charge in [0.05, 0.1) is 19.3 Å². The van der Waals surface area contributed by atoms with Gasteiger partial charge in [0.1, 0.15) is 5.75 Å². The highest BCUT2D eigenvalue weighted by molar-refractivity contribution is 5.39. The van der Waals surface area contributed by atoms with Gasteiger partial charge < -0.3 is 15.2 Å². The van der Waals surface area contributed by atoms with E-state index in [9.17, 15) is 0 Å². The van der Waals surface area contributed by atoms with Crippen molar-refractivity contribution in [2.75, 3.05) is 13.2 Å². The second-order valence-electron chi connectivity index (χ2n) is 5.37. The zero-order valence-corrected chi connectivity index (χ0v) is 10.7. The minimum Gasteiger partial charge on any atom is -0.493 e. The van der Waals surface area contributed by atoms with Crippen LogP contribution >= 0.6 is 0 Å². The van der Waals surface area contributed by atoms with E-state index in [1.807, 2.05) is 12.1 Å². The van der Waals surface area contributed by atoms with Gasteiger partial charge in [0.2, 0.25) is 0 Å². The van der Waals surface area contributed by atoms with Gasteiger partial charge in [0.25, 0.3) is 0 Å². The molecular weight excluding hydrogens is 226 g/mol. The molecule has 98 valence electrons. The summed E-state index contributed by atoms with van der Waals surface area (Å²) >= 11 is 0. The van der Waals surface area contributed by atoms with Crippen molar-refractivity contribution in [2.24, 2.45) is 5.73 Å². The predicted molar refractivity (Wildman–Crippen MR) is 70.9 cm³/mol. The molecule has 3 nitrogen and oxygen atoms in total. The van der Waals surface area contributed by atoms with Gasteiger partial charge in [-0.15, -0.1) is 0 Å². The average molecular weight is 247 g/mol. The zero-order valence-electron chi connectivity index (χ0n) is 10.7. The van der Waals surface area contributed by atoms with Crippen LogP contribution in [0.15, 0.2) is 24.3 Å². The summed E-state index contributed by atoms with van der Waals surface area (Å²) in [5, 5.41) is 0. The third-order valence-electron chi connectivity index (χ3n) is 4.06. The first-order valence-corrected chi connectivity index (χ1v) is 6.93. The van der Waals surface area contributed by atoms with Gasteiger partial charge in [-0.1, -0.05) is 31.0 Å². The van der Waals surface area contributed by atoms with Crippen LogP contribution in [0, 0.1) is 0 Å². The van der Waals surface area contributed by atoms with Crippen molar-refractivity contribution in [3.63, 3.8) is 0 Å². The van der Waals surface area contributed by atoms with Crippen molar-refractivity contribution in [1.29, 1.82) is 0 Å². The van der Waals surface area contributed by atoms with Gasteiger partial charge in [-0.05, 0) is 18.9 Å². The van der Waals surface area contributed by atoms with Gasteiger partial charge in [-0.3, -0.25) is 0 Å². The standard InChI is InChI=1S/C15H21NO2/c16-13-6-2-4-8-15(13)18-10-11-9-17-14-7-3-1-5-12(11)14/h1,3,5,7,11,13,15H,2,4,6,8-10,16H2. The normalized spacial score (nSPS) is 30.8. The first kappa shape index (κ1) is 12.0. The number of nitrogens with two attached hydrogens (primary N) is 1. The van der Waals surface area contributed by atoms with Crippen LogP contribution in [-0.4, -0.2) is 25.4 Å². The maximum absolute atomic E-state index is 6.10. The third-order valence-corrected chi connectivity index (χ3v) is 4.06. The molecule has 1 heterocycles. The van der Waals surface area contributed by atoms with Crippen molar-refractivity contribution >= 4 is 0 Å². The van der Waals surface area contributed by atoms with Crippen molar-refractivity contribution in [3.05, 3.63) is 29.8 Å². The fourth-order valence-corrected chi connectivity index (χ4v) is 2.94.